The van der Waals surface area contributed by atoms with Gasteiger partial charge in [0, 0.05) is 6.42 Å². The topological polar surface area (TPSA) is 64.9 Å². The van der Waals surface area contributed by atoms with Crippen LogP contribution < -0.4 is 5.73 Å². The fourth-order valence-corrected chi connectivity index (χ4v) is 1.68. The number of rotatable bonds is 3. The Morgan fingerprint density at radius 1 is 1.35 bits per heavy atom. The van der Waals surface area contributed by atoms with Crippen LogP contribution in [0.4, 0.5) is 0 Å². The molecule has 0 bridgehead atoms. The van der Waals surface area contributed by atoms with Crippen molar-refractivity contribution < 1.29 is 4.52 Å². The summed E-state index contributed by atoms with van der Waals surface area (Å²) < 4.78 is 5.01. The van der Waals surface area contributed by atoms with Gasteiger partial charge in [-0.1, -0.05) is 34.4 Å². The Morgan fingerprint density at radius 2 is 2.12 bits per heavy atom. The number of hydrogen-bond acceptors (Lipinski definition) is 4. The van der Waals surface area contributed by atoms with Crippen LogP contribution in [0.2, 0.25) is 10.0 Å². The second-order valence-electron chi connectivity index (χ2n) is 3.76. The summed E-state index contributed by atoms with van der Waals surface area (Å²) in [4.78, 5) is 4.18. The largest absolute Gasteiger partial charge is 0.338 e. The second kappa shape index (κ2) is 5.04. The molecule has 2 aromatic rings. The maximum Gasteiger partial charge on any atom is 0.243 e. The molecule has 17 heavy (non-hydrogen) atoms. The molecule has 0 amide bonds. The van der Waals surface area contributed by atoms with Crippen LogP contribution in [0.1, 0.15) is 30.2 Å². The van der Waals surface area contributed by atoms with Crippen molar-refractivity contribution >= 4 is 23.2 Å². The zero-order chi connectivity index (χ0) is 12.4. The monoisotopic (exact) mass is 271 g/mol. The molecule has 0 spiro atoms. The van der Waals surface area contributed by atoms with Gasteiger partial charge in [0.15, 0.2) is 5.82 Å². The predicted octanol–water partition coefficient (Wildman–Crippen LogP) is 2.99. The van der Waals surface area contributed by atoms with Crippen molar-refractivity contribution in [1.82, 2.24) is 10.1 Å². The minimum Gasteiger partial charge on any atom is -0.338 e. The highest BCUT2D eigenvalue weighted by Gasteiger charge is 2.11. The lowest BCUT2D eigenvalue weighted by molar-refractivity contribution is 0.358. The standard InChI is InChI=1S/C11H11Cl2N3O/c1-6(14)11-15-10(16-17-11)5-7-2-3-8(12)9(13)4-7/h2-4,6H,5,14H2,1H3. The van der Waals surface area contributed by atoms with E-state index in [4.69, 9.17) is 33.5 Å². The van der Waals surface area contributed by atoms with Crippen LogP contribution in [0.15, 0.2) is 22.7 Å². The molecule has 2 N–H and O–H groups in total. The number of benzene rings is 1. The smallest absolute Gasteiger partial charge is 0.243 e. The lowest BCUT2D eigenvalue weighted by Crippen LogP contribution is -2.05. The van der Waals surface area contributed by atoms with Gasteiger partial charge in [-0.2, -0.15) is 4.98 Å². The Kier molecular flexibility index (Phi) is 3.66. The van der Waals surface area contributed by atoms with Crippen LogP contribution in [0.3, 0.4) is 0 Å². The molecular weight excluding hydrogens is 261 g/mol. The van der Waals surface area contributed by atoms with Gasteiger partial charge in [0.25, 0.3) is 0 Å². The first-order valence-corrected chi connectivity index (χ1v) is 5.84. The van der Waals surface area contributed by atoms with E-state index < -0.39 is 0 Å². The number of aromatic nitrogens is 2. The van der Waals surface area contributed by atoms with Gasteiger partial charge in [-0.15, -0.1) is 0 Å². The number of nitrogens with zero attached hydrogens (tertiary/aromatic N) is 2. The van der Waals surface area contributed by atoms with Gasteiger partial charge in [0.05, 0.1) is 16.1 Å². The van der Waals surface area contributed by atoms with Gasteiger partial charge < -0.3 is 10.3 Å². The van der Waals surface area contributed by atoms with E-state index in [1.165, 1.54) is 0 Å². The fraction of sp³-hybridized carbons (Fsp3) is 0.273. The van der Waals surface area contributed by atoms with E-state index in [0.717, 1.165) is 5.56 Å². The second-order valence-corrected chi connectivity index (χ2v) is 4.58. The van der Waals surface area contributed by atoms with Crippen LogP contribution in [0.25, 0.3) is 0 Å². The third-order valence-electron chi connectivity index (χ3n) is 2.22. The highest BCUT2D eigenvalue weighted by atomic mass is 35.5. The summed E-state index contributed by atoms with van der Waals surface area (Å²) >= 11 is 11.8. The molecule has 1 aromatic heterocycles. The quantitative estimate of drug-likeness (QED) is 0.932. The van der Waals surface area contributed by atoms with Crippen LogP contribution in [-0.2, 0) is 6.42 Å². The maximum atomic E-state index is 5.92. The number of halogens is 2. The summed E-state index contributed by atoms with van der Waals surface area (Å²) in [5, 5.41) is 4.88. The van der Waals surface area contributed by atoms with Gasteiger partial charge in [-0.05, 0) is 24.6 Å². The van der Waals surface area contributed by atoms with Crippen molar-refractivity contribution in [2.24, 2.45) is 5.73 Å². The Hall–Kier alpha value is -1.10. The lowest BCUT2D eigenvalue weighted by atomic mass is 10.1. The van der Waals surface area contributed by atoms with Crippen molar-refractivity contribution in [2.75, 3.05) is 0 Å². The van der Waals surface area contributed by atoms with Gasteiger partial charge in [-0.3, -0.25) is 0 Å². The minimum atomic E-state index is -0.259. The zero-order valence-electron chi connectivity index (χ0n) is 9.15. The molecule has 0 fully saturated rings. The van der Waals surface area contributed by atoms with Crippen molar-refractivity contribution in [3.8, 4) is 0 Å². The molecule has 0 saturated heterocycles. The summed E-state index contributed by atoms with van der Waals surface area (Å²) in [7, 11) is 0. The summed E-state index contributed by atoms with van der Waals surface area (Å²) in [5.74, 6) is 1.01. The molecule has 1 atom stereocenters. The van der Waals surface area contributed by atoms with E-state index in [1.54, 1.807) is 19.1 Å². The summed E-state index contributed by atoms with van der Waals surface area (Å²) in [5.41, 5.74) is 6.60. The van der Waals surface area contributed by atoms with E-state index in [-0.39, 0.29) is 6.04 Å². The maximum absolute atomic E-state index is 5.92. The van der Waals surface area contributed by atoms with Crippen molar-refractivity contribution in [3.05, 3.63) is 45.5 Å². The van der Waals surface area contributed by atoms with E-state index in [0.29, 0.717) is 28.2 Å². The number of hydrogen-bond donors (Lipinski definition) is 1. The molecule has 4 nitrogen and oxygen atoms in total. The lowest BCUT2D eigenvalue weighted by Gasteiger charge is -1.99. The highest BCUT2D eigenvalue weighted by molar-refractivity contribution is 6.42. The molecule has 2 rings (SSSR count). The molecule has 1 aromatic carbocycles. The highest BCUT2D eigenvalue weighted by Crippen LogP contribution is 2.23. The first kappa shape index (κ1) is 12.4. The molecule has 0 radical (unpaired) electrons. The van der Waals surface area contributed by atoms with Gasteiger partial charge in [0.1, 0.15) is 0 Å². The molecule has 6 heteroatoms. The summed E-state index contributed by atoms with van der Waals surface area (Å²) in [6, 6.07) is 5.14. The van der Waals surface area contributed by atoms with E-state index in [9.17, 15) is 0 Å². The molecule has 0 aliphatic rings. The average molecular weight is 272 g/mol. The predicted molar refractivity (Wildman–Crippen MR) is 66.2 cm³/mol. The van der Waals surface area contributed by atoms with Crippen LogP contribution >= 0.6 is 23.2 Å². The van der Waals surface area contributed by atoms with Crippen molar-refractivity contribution in [1.29, 1.82) is 0 Å². The van der Waals surface area contributed by atoms with Gasteiger partial charge in [-0.25, -0.2) is 0 Å². The van der Waals surface area contributed by atoms with Crippen molar-refractivity contribution in [2.45, 2.75) is 19.4 Å². The molecule has 1 heterocycles. The van der Waals surface area contributed by atoms with E-state index in [2.05, 4.69) is 10.1 Å². The molecule has 1 unspecified atom stereocenters. The Balaban J connectivity index is 2.16. The van der Waals surface area contributed by atoms with E-state index >= 15 is 0 Å². The molecule has 0 saturated carbocycles. The first-order valence-electron chi connectivity index (χ1n) is 5.08. The molecular formula is C11H11Cl2N3O. The summed E-state index contributed by atoms with van der Waals surface area (Å²) in [6.07, 6.45) is 0.535. The minimum absolute atomic E-state index is 0.259. The molecule has 0 aliphatic heterocycles. The number of nitrogens with two attached hydrogens (primary N) is 1. The summed E-state index contributed by atoms with van der Waals surface area (Å²) in [6.45, 7) is 1.79. The Bertz CT molecular complexity index is 525. The SMILES string of the molecule is CC(N)c1nc(Cc2ccc(Cl)c(Cl)c2)no1. The average Bonchev–Trinajstić information content (AvgIpc) is 2.72. The normalized spacial score (nSPS) is 12.7. The van der Waals surface area contributed by atoms with Gasteiger partial charge in [0.2, 0.25) is 5.89 Å². The van der Waals surface area contributed by atoms with Crippen LogP contribution in [0.5, 0.6) is 0 Å². The third kappa shape index (κ3) is 2.97. The van der Waals surface area contributed by atoms with Gasteiger partial charge >= 0.3 is 0 Å². The van der Waals surface area contributed by atoms with E-state index in [1.807, 2.05) is 6.07 Å². The van der Waals surface area contributed by atoms with Crippen LogP contribution in [-0.4, -0.2) is 10.1 Å². The third-order valence-corrected chi connectivity index (χ3v) is 2.96. The van der Waals surface area contributed by atoms with Crippen molar-refractivity contribution in [3.63, 3.8) is 0 Å². The molecule has 90 valence electrons. The zero-order valence-corrected chi connectivity index (χ0v) is 10.7. The first-order chi connectivity index (χ1) is 8.06. The Morgan fingerprint density at radius 3 is 2.71 bits per heavy atom. The van der Waals surface area contributed by atoms with Crippen LogP contribution in [0, 0.1) is 0 Å². The fourth-order valence-electron chi connectivity index (χ4n) is 1.36. The Labute approximate surface area is 109 Å². The molecule has 0 aliphatic carbocycles.